The summed E-state index contributed by atoms with van der Waals surface area (Å²) in [6, 6.07) is 18.1. The van der Waals surface area contributed by atoms with Crippen LogP contribution in [0.2, 0.25) is 5.02 Å². The summed E-state index contributed by atoms with van der Waals surface area (Å²) >= 11 is 7.95. The maximum Gasteiger partial charge on any atom is 0.331 e. The van der Waals surface area contributed by atoms with Crippen LogP contribution < -0.4 is 0 Å². The number of hydrogen-bond acceptors (Lipinski definition) is 5. The van der Waals surface area contributed by atoms with E-state index in [4.69, 9.17) is 21.1 Å². The molecule has 194 valence electrons. The van der Waals surface area contributed by atoms with Crippen LogP contribution in [0, 0.1) is 5.92 Å². The Kier molecular flexibility index (Phi) is 8.28. The lowest BCUT2D eigenvalue weighted by Gasteiger charge is -2.52. The molecule has 2 aromatic rings. The Morgan fingerprint density at radius 1 is 1.08 bits per heavy atom. The molecule has 4 heterocycles. The number of thioether (sulfide) groups is 1. The number of ether oxygens (including phenoxy) is 2. The van der Waals surface area contributed by atoms with Crippen molar-refractivity contribution >= 4 is 29.3 Å². The first-order valence-electron chi connectivity index (χ1n) is 13.3. The molecule has 0 spiro atoms. The Bertz CT molecular complexity index is 1010. The van der Waals surface area contributed by atoms with Crippen molar-refractivity contribution < 1.29 is 18.8 Å². The number of carbonyl (C=O) groups is 1. The summed E-state index contributed by atoms with van der Waals surface area (Å²) in [5.41, 5.74) is 1.42. The van der Waals surface area contributed by atoms with Gasteiger partial charge in [-0.15, -0.1) is 0 Å². The molecule has 0 aliphatic carbocycles. The van der Waals surface area contributed by atoms with Crippen LogP contribution >= 0.6 is 23.4 Å². The standard InChI is InChI=1S/C29H38ClN2O3S/c1-29(25-5-3-2-4-6-25,31-13-19-36-20-14-31)28(33)35-27-21-32(15-11-24(27)12-16-32)17-18-34-22-23-7-9-26(30)10-8-23/h2-10,24,27H,11-22H2,1H3/q+1/t24?,27-,29?,32?/m0/s1. The summed E-state index contributed by atoms with van der Waals surface area (Å²) in [5.74, 6) is 2.49. The second kappa shape index (κ2) is 11.4. The first kappa shape index (κ1) is 26.1. The monoisotopic (exact) mass is 529 g/mol. The molecule has 4 fully saturated rings. The zero-order chi connectivity index (χ0) is 25.0. The third kappa shape index (κ3) is 5.63. The SMILES string of the molecule is CC(C(=O)O[C@H]1C[N+]2(CCOCc3ccc(Cl)cc3)CCC1CC2)(c1ccccc1)N1CCSCC1. The van der Waals surface area contributed by atoms with Crippen LogP contribution in [0.3, 0.4) is 0 Å². The highest BCUT2D eigenvalue weighted by Gasteiger charge is 2.50. The van der Waals surface area contributed by atoms with Crippen LogP contribution in [-0.2, 0) is 26.4 Å². The molecule has 4 aliphatic rings. The number of piperidine rings is 3. The molecular formula is C29H38ClN2O3S+. The molecular weight excluding hydrogens is 492 g/mol. The normalized spacial score (nSPS) is 27.9. The van der Waals surface area contributed by atoms with Gasteiger partial charge in [0.2, 0.25) is 0 Å². The van der Waals surface area contributed by atoms with Crippen LogP contribution in [0.4, 0.5) is 0 Å². The predicted octanol–water partition coefficient (Wildman–Crippen LogP) is 4.97. The Balaban J connectivity index is 1.23. The Morgan fingerprint density at radius 3 is 2.47 bits per heavy atom. The van der Waals surface area contributed by atoms with E-state index in [9.17, 15) is 4.79 Å². The van der Waals surface area contributed by atoms with Crippen molar-refractivity contribution in [2.45, 2.75) is 38.0 Å². The fourth-order valence-corrected chi connectivity index (χ4v) is 7.18. The number of esters is 1. The fraction of sp³-hybridized carbons (Fsp3) is 0.552. The Hall–Kier alpha value is -1.57. The maximum absolute atomic E-state index is 13.9. The summed E-state index contributed by atoms with van der Waals surface area (Å²) in [6.07, 6.45) is 2.23. The average molecular weight is 530 g/mol. The van der Waals surface area contributed by atoms with E-state index in [1.54, 1.807) is 0 Å². The summed E-state index contributed by atoms with van der Waals surface area (Å²) in [5, 5.41) is 0.747. The van der Waals surface area contributed by atoms with Gasteiger partial charge >= 0.3 is 5.97 Å². The number of rotatable bonds is 9. The Morgan fingerprint density at radius 2 is 1.78 bits per heavy atom. The van der Waals surface area contributed by atoms with Crippen molar-refractivity contribution in [1.82, 2.24) is 4.90 Å². The van der Waals surface area contributed by atoms with Gasteiger partial charge in [-0.3, -0.25) is 4.90 Å². The first-order chi connectivity index (χ1) is 17.5. The summed E-state index contributed by atoms with van der Waals surface area (Å²) in [7, 11) is 0. The molecule has 6 rings (SSSR count). The largest absolute Gasteiger partial charge is 0.454 e. The number of quaternary nitrogens is 1. The van der Waals surface area contributed by atoms with Crippen molar-refractivity contribution in [1.29, 1.82) is 0 Å². The van der Waals surface area contributed by atoms with Gasteiger partial charge < -0.3 is 14.0 Å². The molecule has 4 aliphatic heterocycles. The average Bonchev–Trinajstić information content (AvgIpc) is 2.93. The summed E-state index contributed by atoms with van der Waals surface area (Å²) in [6.45, 7) is 9.37. The molecule has 0 saturated carbocycles. The number of hydrogen-bond donors (Lipinski definition) is 0. The van der Waals surface area contributed by atoms with E-state index in [1.807, 2.05) is 54.2 Å². The number of fused-ring (bicyclic) bond motifs is 3. The highest BCUT2D eigenvalue weighted by atomic mass is 35.5. The van der Waals surface area contributed by atoms with Crippen LogP contribution in [0.25, 0.3) is 0 Å². The molecule has 2 bridgehead atoms. The van der Waals surface area contributed by atoms with Gasteiger partial charge in [-0.2, -0.15) is 11.8 Å². The molecule has 0 radical (unpaired) electrons. The van der Waals surface area contributed by atoms with Crippen molar-refractivity contribution in [3.8, 4) is 0 Å². The molecule has 2 atom stereocenters. The minimum absolute atomic E-state index is 0.0153. The summed E-state index contributed by atoms with van der Waals surface area (Å²) < 4.78 is 13.5. The second-order valence-corrected chi connectivity index (χ2v) is 12.4. The van der Waals surface area contributed by atoms with E-state index in [1.165, 1.54) is 0 Å². The number of halogens is 1. The number of nitrogens with zero attached hydrogens (tertiary/aromatic N) is 2. The minimum Gasteiger partial charge on any atom is -0.454 e. The third-order valence-corrected chi connectivity index (χ3v) is 9.76. The van der Waals surface area contributed by atoms with E-state index in [-0.39, 0.29) is 12.1 Å². The zero-order valence-electron chi connectivity index (χ0n) is 21.2. The van der Waals surface area contributed by atoms with Crippen molar-refractivity contribution in [3.05, 3.63) is 70.7 Å². The van der Waals surface area contributed by atoms with Crippen molar-refractivity contribution in [3.63, 3.8) is 0 Å². The molecule has 1 unspecified atom stereocenters. The van der Waals surface area contributed by atoms with E-state index >= 15 is 0 Å². The van der Waals surface area contributed by atoms with Crippen LogP contribution in [-0.4, -0.2) is 78.8 Å². The van der Waals surface area contributed by atoms with Crippen LogP contribution in [0.15, 0.2) is 54.6 Å². The predicted molar refractivity (Wildman–Crippen MR) is 146 cm³/mol. The molecule has 0 aromatic heterocycles. The lowest BCUT2D eigenvalue weighted by molar-refractivity contribution is -0.946. The number of carbonyl (C=O) groups excluding carboxylic acids is 1. The first-order valence-corrected chi connectivity index (χ1v) is 14.8. The molecule has 5 nitrogen and oxygen atoms in total. The van der Waals surface area contributed by atoms with E-state index in [0.29, 0.717) is 19.1 Å². The highest BCUT2D eigenvalue weighted by molar-refractivity contribution is 7.99. The van der Waals surface area contributed by atoms with Gasteiger partial charge in [-0.1, -0.05) is 54.1 Å². The summed E-state index contributed by atoms with van der Waals surface area (Å²) in [4.78, 5) is 16.3. The number of benzene rings is 2. The van der Waals surface area contributed by atoms with E-state index in [2.05, 4.69) is 24.0 Å². The minimum atomic E-state index is -0.749. The van der Waals surface area contributed by atoms with Crippen LogP contribution in [0.1, 0.15) is 30.9 Å². The highest BCUT2D eigenvalue weighted by Crippen LogP contribution is 2.38. The van der Waals surface area contributed by atoms with E-state index < -0.39 is 5.54 Å². The third-order valence-electron chi connectivity index (χ3n) is 8.57. The molecule has 0 amide bonds. The van der Waals surface area contributed by atoms with Gasteiger partial charge in [-0.25, -0.2) is 4.79 Å². The van der Waals surface area contributed by atoms with Crippen molar-refractivity contribution in [2.24, 2.45) is 5.92 Å². The van der Waals surface area contributed by atoms with Crippen LogP contribution in [0.5, 0.6) is 0 Å². The zero-order valence-corrected chi connectivity index (χ0v) is 22.8. The Labute approximate surface area is 224 Å². The maximum atomic E-state index is 13.9. The lowest BCUT2D eigenvalue weighted by Crippen LogP contribution is -2.66. The topological polar surface area (TPSA) is 38.8 Å². The van der Waals surface area contributed by atoms with Crippen molar-refractivity contribution in [2.75, 3.05) is 57.4 Å². The molecule has 36 heavy (non-hydrogen) atoms. The quantitative estimate of drug-likeness (QED) is 0.260. The van der Waals surface area contributed by atoms with Gasteiger partial charge in [0.25, 0.3) is 0 Å². The van der Waals surface area contributed by atoms with Gasteiger partial charge in [0.05, 0.1) is 26.3 Å². The fourth-order valence-electron chi connectivity index (χ4n) is 6.15. The smallest absolute Gasteiger partial charge is 0.331 e. The molecule has 4 saturated heterocycles. The lowest BCUT2D eigenvalue weighted by atomic mass is 9.82. The van der Waals surface area contributed by atoms with Gasteiger partial charge in [-0.05, 0) is 30.2 Å². The van der Waals surface area contributed by atoms with Gasteiger partial charge in [0.15, 0.2) is 6.10 Å². The van der Waals surface area contributed by atoms with E-state index in [0.717, 1.165) is 84.2 Å². The van der Waals surface area contributed by atoms with Gasteiger partial charge in [0.1, 0.15) is 18.6 Å². The molecule has 7 heteroatoms. The molecule has 0 N–H and O–H groups in total. The van der Waals surface area contributed by atoms with Gasteiger partial charge in [0, 0.05) is 48.4 Å². The second-order valence-electron chi connectivity index (χ2n) is 10.7. The molecule has 2 aromatic carbocycles.